The SMILES string of the molecule is COc1c2n(cc(C(=O)NCc3ccc(F)cc3F)c1=O)CCC(C)(C)C2O. The van der Waals surface area contributed by atoms with Crippen LogP contribution in [0.2, 0.25) is 0 Å². The second-order valence-corrected chi connectivity index (χ2v) is 7.54. The van der Waals surface area contributed by atoms with Gasteiger partial charge in [0.2, 0.25) is 5.43 Å². The summed E-state index contributed by atoms with van der Waals surface area (Å²) in [6.07, 6.45) is 1.11. The Bertz CT molecular complexity index is 985. The van der Waals surface area contributed by atoms with Gasteiger partial charge >= 0.3 is 0 Å². The number of amides is 1. The predicted molar refractivity (Wildman–Crippen MR) is 98.1 cm³/mol. The molecule has 28 heavy (non-hydrogen) atoms. The minimum Gasteiger partial charge on any atom is -0.491 e. The third-order valence-corrected chi connectivity index (χ3v) is 5.18. The maximum atomic E-state index is 13.7. The number of nitrogens with zero attached hydrogens (tertiary/aromatic N) is 1. The van der Waals surface area contributed by atoms with Gasteiger partial charge in [0, 0.05) is 30.9 Å². The van der Waals surface area contributed by atoms with E-state index < -0.39 is 34.5 Å². The zero-order chi connectivity index (χ0) is 20.6. The highest BCUT2D eigenvalue weighted by Gasteiger charge is 2.38. The molecule has 1 amide bonds. The van der Waals surface area contributed by atoms with Crippen molar-refractivity contribution in [2.45, 2.75) is 39.5 Å². The van der Waals surface area contributed by atoms with E-state index in [1.807, 2.05) is 13.8 Å². The van der Waals surface area contributed by atoms with E-state index in [0.29, 0.717) is 18.7 Å². The number of methoxy groups -OCH3 is 1. The number of aryl methyl sites for hydroxylation is 1. The normalized spacial score (nSPS) is 17.7. The first kappa shape index (κ1) is 20.0. The number of hydrogen-bond donors (Lipinski definition) is 2. The van der Waals surface area contributed by atoms with Gasteiger partial charge in [-0.05, 0) is 17.9 Å². The van der Waals surface area contributed by atoms with E-state index >= 15 is 0 Å². The van der Waals surface area contributed by atoms with Crippen molar-refractivity contribution in [3.8, 4) is 5.75 Å². The highest BCUT2D eigenvalue weighted by atomic mass is 19.1. The van der Waals surface area contributed by atoms with E-state index in [2.05, 4.69) is 5.32 Å². The molecule has 1 atom stereocenters. The lowest BCUT2D eigenvalue weighted by atomic mass is 9.78. The molecule has 0 spiro atoms. The van der Waals surface area contributed by atoms with Crippen molar-refractivity contribution in [1.29, 1.82) is 0 Å². The fourth-order valence-electron chi connectivity index (χ4n) is 3.33. The number of nitrogens with one attached hydrogen (secondary N) is 1. The number of ether oxygens (including phenoxy) is 1. The highest BCUT2D eigenvalue weighted by Crippen LogP contribution is 2.43. The third-order valence-electron chi connectivity index (χ3n) is 5.18. The summed E-state index contributed by atoms with van der Waals surface area (Å²) >= 11 is 0. The zero-order valence-corrected chi connectivity index (χ0v) is 15.9. The number of benzene rings is 1. The molecule has 2 aromatic rings. The molecule has 1 aromatic heterocycles. The van der Waals surface area contributed by atoms with E-state index in [-0.39, 0.29) is 23.4 Å². The average molecular weight is 392 g/mol. The molecule has 3 rings (SSSR count). The highest BCUT2D eigenvalue weighted by molar-refractivity contribution is 5.94. The first-order chi connectivity index (χ1) is 13.2. The Kier molecular flexibility index (Phi) is 5.25. The maximum Gasteiger partial charge on any atom is 0.257 e. The van der Waals surface area contributed by atoms with Crippen molar-refractivity contribution in [3.05, 3.63) is 63.1 Å². The summed E-state index contributed by atoms with van der Waals surface area (Å²) in [5, 5.41) is 13.1. The molecule has 2 heterocycles. The smallest absolute Gasteiger partial charge is 0.257 e. The van der Waals surface area contributed by atoms with Crippen LogP contribution >= 0.6 is 0 Å². The van der Waals surface area contributed by atoms with Crippen molar-refractivity contribution in [2.75, 3.05) is 7.11 Å². The van der Waals surface area contributed by atoms with E-state index in [4.69, 9.17) is 4.74 Å². The molecule has 0 saturated carbocycles. The largest absolute Gasteiger partial charge is 0.491 e. The van der Waals surface area contributed by atoms with Gasteiger partial charge in [-0.2, -0.15) is 0 Å². The van der Waals surface area contributed by atoms with Gasteiger partial charge in [-0.3, -0.25) is 9.59 Å². The molecule has 2 N–H and O–H groups in total. The summed E-state index contributed by atoms with van der Waals surface area (Å²) in [6.45, 7) is 4.08. The van der Waals surface area contributed by atoms with Gasteiger partial charge in [-0.25, -0.2) is 8.78 Å². The first-order valence-electron chi connectivity index (χ1n) is 8.87. The van der Waals surface area contributed by atoms with Gasteiger partial charge in [0.15, 0.2) is 5.75 Å². The first-order valence-corrected chi connectivity index (χ1v) is 8.87. The average Bonchev–Trinajstić information content (AvgIpc) is 2.64. The topological polar surface area (TPSA) is 80.6 Å². The number of hydrogen-bond acceptors (Lipinski definition) is 4. The molecule has 1 aliphatic heterocycles. The summed E-state index contributed by atoms with van der Waals surface area (Å²) in [6, 6.07) is 3.04. The van der Waals surface area contributed by atoms with Gasteiger partial charge in [0.05, 0.1) is 12.8 Å². The number of pyridine rings is 1. The summed E-state index contributed by atoms with van der Waals surface area (Å²) in [7, 11) is 1.31. The lowest BCUT2D eigenvalue weighted by Gasteiger charge is -2.38. The Morgan fingerprint density at radius 1 is 1.39 bits per heavy atom. The van der Waals surface area contributed by atoms with Crippen LogP contribution < -0.4 is 15.5 Å². The van der Waals surface area contributed by atoms with Crippen molar-refractivity contribution < 1.29 is 23.4 Å². The van der Waals surface area contributed by atoms with Gasteiger partial charge in [-0.1, -0.05) is 19.9 Å². The lowest BCUT2D eigenvalue weighted by Crippen LogP contribution is -2.37. The lowest BCUT2D eigenvalue weighted by molar-refractivity contribution is 0.0139. The monoisotopic (exact) mass is 392 g/mol. The Morgan fingerprint density at radius 2 is 2.11 bits per heavy atom. The second kappa shape index (κ2) is 7.35. The van der Waals surface area contributed by atoms with Gasteiger partial charge in [0.25, 0.3) is 5.91 Å². The number of carbonyl (C=O) groups is 1. The fraction of sp³-hybridized carbons (Fsp3) is 0.400. The quantitative estimate of drug-likeness (QED) is 0.838. The third kappa shape index (κ3) is 3.52. The van der Waals surface area contributed by atoms with Crippen molar-refractivity contribution in [1.82, 2.24) is 9.88 Å². The number of halogens is 2. The van der Waals surface area contributed by atoms with Crippen LogP contribution in [0.1, 0.15) is 48.0 Å². The van der Waals surface area contributed by atoms with Gasteiger partial charge in [0.1, 0.15) is 23.3 Å². The number of aliphatic hydroxyl groups excluding tert-OH is 1. The van der Waals surface area contributed by atoms with E-state index in [1.54, 1.807) is 4.57 Å². The second-order valence-electron chi connectivity index (χ2n) is 7.54. The molecule has 150 valence electrons. The molecule has 6 nitrogen and oxygen atoms in total. The van der Waals surface area contributed by atoms with E-state index in [0.717, 1.165) is 12.1 Å². The number of fused-ring (bicyclic) bond motifs is 1. The summed E-state index contributed by atoms with van der Waals surface area (Å²) in [5.41, 5.74) is -0.830. The number of aliphatic hydroxyl groups is 1. The number of carbonyl (C=O) groups excluding carboxylic acids is 1. The summed E-state index contributed by atoms with van der Waals surface area (Å²) in [4.78, 5) is 25.3. The molecule has 1 aromatic carbocycles. The van der Waals surface area contributed by atoms with Crippen molar-refractivity contribution in [3.63, 3.8) is 0 Å². The Hall–Kier alpha value is -2.74. The standard InChI is InChI=1S/C20H22F2N2O4/c1-20(2)6-7-24-10-13(16(25)17(28-3)15(24)18(20)26)19(27)23-9-11-4-5-12(21)8-14(11)22/h4-5,8,10,18,26H,6-7,9H2,1-3H3,(H,23,27). The maximum absolute atomic E-state index is 13.7. The fourth-order valence-corrected chi connectivity index (χ4v) is 3.33. The molecule has 8 heteroatoms. The van der Waals surface area contributed by atoms with Crippen molar-refractivity contribution in [2.24, 2.45) is 5.41 Å². The van der Waals surface area contributed by atoms with Crippen LogP contribution in [0, 0.1) is 17.0 Å². The van der Waals surface area contributed by atoms with Crippen LogP contribution in [0.15, 0.2) is 29.2 Å². The molecule has 1 unspecified atom stereocenters. The summed E-state index contributed by atoms with van der Waals surface area (Å²) < 4.78 is 33.6. The van der Waals surface area contributed by atoms with E-state index in [9.17, 15) is 23.5 Å². The van der Waals surface area contributed by atoms with Crippen LogP contribution in [0.5, 0.6) is 5.75 Å². The molecule has 0 aliphatic carbocycles. The summed E-state index contributed by atoms with van der Waals surface area (Å²) in [5.74, 6) is -2.29. The van der Waals surface area contributed by atoms with Crippen LogP contribution in [-0.2, 0) is 13.1 Å². The van der Waals surface area contributed by atoms with Crippen LogP contribution in [0.3, 0.4) is 0 Å². The minimum absolute atomic E-state index is 0.0825. The van der Waals surface area contributed by atoms with Crippen LogP contribution in [0.25, 0.3) is 0 Å². The molecular weight excluding hydrogens is 370 g/mol. The predicted octanol–water partition coefficient (Wildman–Crippen LogP) is 2.53. The molecule has 0 radical (unpaired) electrons. The Balaban J connectivity index is 1.92. The Morgan fingerprint density at radius 3 is 2.75 bits per heavy atom. The van der Waals surface area contributed by atoms with Crippen LogP contribution in [0.4, 0.5) is 8.78 Å². The van der Waals surface area contributed by atoms with E-state index in [1.165, 1.54) is 19.4 Å². The van der Waals surface area contributed by atoms with Crippen molar-refractivity contribution >= 4 is 5.91 Å². The molecule has 0 saturated heterocycles. The Labute approximate surface area is 160 Å². The molecule has 0 fully saturated rings. The molecular formula is C20H22F2N2O4. The van der Waals surface area contributed by atoms with Gasteiger partial charge in [-0.15, -0.1) is 0 Å². The molecule has 0 bridgehead atoms. The number of rotatable bonds is 4. The van der Waals surface area contributed by atoms with Gasteiger partial charge < -0.3 is 19.7 Å². The van der Waals surface area contributed by atoms with Crippen LogP contribution in [-0.4, -0.2) is 22.7 Å². The number of aromatic nitrogens is 1. The minimum atomic E-state index is -0.922. The zero-order valence-electron chi connectivity index (χ0n) is 15.9. The molecule has 1 aliphatic rings.